The first-order valence-electron chi connectivity index (χ1n) is 6.63. The van der Waals surface area contributed by atoms with E-state index in [0.29, 0.717) is 15.6 Å². The molecule has 21 heavy (non-hydrogen) atoms. The molecule has 112 valence electrons. The van der Waals surface area contributed by atoms with Crippen molar-refractivity contribution in [3.8, 4) is 0 Å². The highest BCUT2D eigenvalue weighted by molar-refractivity contribution is 6.35. The molecule has 1 aromatic rings. The Bertz CT molecular complexity index is 582. The third-order valence-electron chi connectivity index (χ3n) is 3.21. The number of nitrogens with zero attached hydrogens (tertiary/aromatic N) is 1. The molecule has 1 saturated carbocycles. The van der Waals surface area contributed by atoms with Gasteiger partial charge in [0.05, 0.1) is 6.42 Å². The zero-order valence-corrected chi connectivity index (χ0v) is 12.8. The molecule has 0 radical (unpaired) electrons. The number of carbonyl (C=O) groups is 2. The van der Waals surface area contributed by atoms with Gasteiger partial charge in [-0.2, -0.15) is 0 Å². The fourth-order valence-corrected chi connectivity index (χ4v) is 2.44. The van der Waals surface area contributed by atoms with E-state index in [1.165, 1.54) is 6.08 Å². The minimum absolute atomic E-state index is 0.0439. The number of carboxylic acids is 1. The van der Waals surface area contributed by atoms with Gasteiger partial charge in [-0.3, -0.25) is 9.59 Å². The van der Waals surface area contributed by atoms with Gasteiger partial charge >= 0.3 is 5.97 Å². The molecule has 0 bridgehead atoms. The lowest BCUT2D eigenvalue weighted by Crippen LogP contribution is -2.33. The molecule has 1 aromatic carbocycles. The third kappa shape index (κ3) is 4.76. The van der Waals surface area contributed by atoms with Crippen LogP contribution in [0.2, 0.25) is 10.0 Å². The summed E-state index contributed by atoms with van der Waals surface area (Å²) in [6.45, 7) is 0.234. The molecule has 1 fully saturated rings. The van der Waals surface area contributed by atoms with Gasteiger partial charge in [-0.15, -0.1) is 0 Å². The minimum atomic E-state index is -0.904. The molecular formula is C15H15Cl2NO3. The minimum Gasteiger partial charge on any atom is -0.481 e. The molecule has 0 saturated heterocycles. The van der Waals surface area contributed by atoms with Crippen molar-refractivity contribution in [3.05, 3.63) is 39.9 Å². The van der Waals surface area contributed by atoms with Crippen molar-refractivity contribution >= 4 is 41.2 Å². The Morgan fingerprint density at radius 2 is 2.05 bits per heavy atom. The second-order valence-corrected chi connectivity index (χ2v) is 5.75. The van der Waals surface area contributed by atoms with Crippen molar-refractivity contribution in [2.75, 3.05) is 6.54 Å². The summed E-state index contributed by atoms with van der Waals surface area (Å²) in [6, 6.07) is 5.20. The smallest absolute Gasteiger partial charge is 0.305 e. The first kappa shape index (κ1) is 15.9. The van der Waals surface area contributed by atoms with Crippen LogP contribution in [0, 0.1) is 0 Å². The molecule has 0 aromatic heterocycles. The van der Waals surface area contributed by atoms with Crippen molar-refractivity contribution < 1.29 is 14.7 Å². The van der Waals surface area contributed by atoms with Gasteiger partial charge in [0.25, 0.3) is 0 Å². The summed E-state index contributed by atoms with van der Waals surface area (Å²) in [7, 11) is 0. The average molecular weight is 328 g/mol. The summed E-state index contributed by atoms with van der Waals surface area (Å²) in [5.74, 6) is -1.09. The van der Waals surface area contributed by atoms with Crippen molar-refractivity contribution in [3.63, 3.8) is 0 Å². The highest BCUT2D eigenvalue weighted by Gasteiger charge is 2.31. The molecule has 0 atom stereocenters. The number of rotatable bonds is 6. The van der Waals surface area contributed by atoms with Crippen LogP contribution in [0.15, 0.2) is 24.3 Å². The molecule has 1 N–H and O–H groups in total. The van der Waals surface area contributed by atoms with Crippen molar-refractivity contribution in [2.24, 2.45) is 0 Å². The molecule has 4 nitrogen and oxygen atoms in total. The van der Waals surface area contributed by atoms with E-state index >= 15 is 0 Å². The fraction of sp³-hybridized carbons (Fsp3) is 0.333. The Balaban J connectivity index is 2.03. The van der Waals surface area contributed by atoms with E-state index < -0.39 is 5.97 Å². The highest BCUT2D eigenvalue weighted by atomic mass is 35.5. The molecule has 1 amide bonds. The van der Waals surface area contributed by atoms with Gasteiger partial charge in [-0.05, 0) is 36.6 Å². The number of carboxylic acid groups (broad SMARTS) is 1. The molecule has 0 aliphatic heterocycles. The van der Waals surface area contributed by atoms with Crippen LogP contribution >= 0.6 is 23.2 Å². The van der Waals surface area contributed by atoms with Crippen LogP contribution in [0.25, 0.3) is 6.08 Å². The maximum Gasteiger partial charge on any atom is 0.305 e. The Labute approximate surface area is 133 Å². The van der Waals surface area contributed by atoms with Crippen molar-refractivity contribution in [1.82, 2.24) is 4.90 Å². The second-order valence-electron chi connectivity index (χ2n) is 4.91. The molecule has 0 spiro atoms. The molecule has 0 heterocycles. The Kier molecular flexibility index (Phi) is 5.26. The van der Waals surface area contributed by atoms with Crippen LogP contribution in [0.4, 0.5) is 0 Å². The number of hydrogen-bond donors (Lipinski definition) is 1. The SMILES string of the molecule is O=C(O)CCN(C(=O)/C=C/c1ccc(Cl)cc1Cl)C1CC1. The zero-order valence-electron chi connectivity index (χ0n) is 11.3. The normalized spacial score (nSPS) is 14.4. The Morgan fingerprint density at radius 1 is 1.33 bits per heavy atom. The summed E-state index contributed by atoms with van der Waals surface area (Å²) in [6.07, 6.45) is 4.87. The summed E-state index contributed by atoms with van der Waals surface area (Å²) in [4.78, 5) is 24.4. The standard InChI is InChI=1S/C15H15Cl2NO3/c16-11-3-1-10(13(17)9-11)2-6-14(19)18(12-4-5-12)8-7-15(20)21/h1-3,6,9,12H,4-5,7-8H2,(H,20,21)/b6-2+. The van der Waals surface area contributed by atoms with Gasteiger partial charge in [-0.25, -0.2) is 0 Å². The van der Waals surface area contributed by atoms with Crippen LogP contribution in [0.5, 0.6) is 0 Å². The van der Waals surface area contributed by atoms with Gasteiger partial charge in [0.1, 0.15) is 0 Å². The van der Waals surface area contributed by atoms with Gasteiger partial charge in [0, 0.05) is 28.7 Å². The quantitative estimate of drug-likeness (QED) is 0.814. The lowest BCUT2D eigenvalue weighted by molar-refractivity contribution is -0.138. The van der Waals surface area contributed by atoms with Gasteiger partial charge in [0.15, 0.2) is 0 Å². The second kappa shape index (κ2) is 6.96. The molecular weight excluding hydrogens is 313 g/mol. The monoisotopic (exact) mass is 327 g/mol. The lowest BCUT2D eigenvalue weighted by Gasteiger charge is -2.19. The number of aliphatic carboxylic acids is 1. The van der Waals surface area contributed by atoms with Crippen LogP contribution in [-0.2, 0) is 9.59 Å². The van der Waals surface area contributed by atoms with E-state index in [4.69, 9.17) is 28.3 Å². The number of hydrogen-bond acceptors (Lipinski definition) is 2. The summed E-state index contributed by atoms with van der Waals surface area (Å²) >= 11 is 11.8. The topological polar surface area (TPSA) is 57.6 Å². The zero-order chi connectivity index (χ0) is 15.4. The van der Waals surface area contributed by atoms with Crippen molar-refractivity contribution in [2.45, 2.75) is 25.3 Å². The van der Waals surface area contributed by atoms with Crippen LogP contribution in [0.1, 0.15) is 24.8 Å². The van der Waals surface area contributed by atoms with E-state index in [1.807, 2.05) is 0 Å². The summed E-state index contributed by atoms with van der Waals surface area (Å²) in [5.41, 5.74) is 0.698. The number of amides is 1. The molecule has 6 heteroatoms. The maximum atomic E-state index is 12.2. The highest BCUT2D eigenvalue weighted by Crippen LogP contribution is 2.27. The van der Waals surface area contributed by atoms with Gasteiger partial charge < -0.3 is 10.0 Å². The third-order valence-corrected chi connectivity index (χ3v) is 3.77. The number of benzene rings is 1. The van der Waals surface area contributed by atoms with E-state index in [2.05, 4.69) is 0 Å². The summed E-state index contributed by atoms with van der Waals surface area (Å²) in [5, 5.41) is 9.73. The van der Waals surface area contributed by atoms with E-state index in [9.17, 15) is 9.59 Å². The maximum absolute atomic E-state index is 12.2. The first-order chi connectivity index (χ1) is 9.97. The molecule has 1 aliphatic rings. The van der Waals surface area contributed by atoms with Gasteiger partial charge in [-0.1, -0.05) is 29.3 Å². The van der Waals surface area contributed by atoms with E-state index in [0.717, 1.165) is 12.8 Å². The van der Waals surface area contributed by atoms with Crippen LogP contribution in [0.3, 0.4) is 0 Å². The molecule has 0 unspecified atom stereocenters. The van der Waals surface area contributed by atoms with Crippen molar-refractivity contribution in [1.29, 1.82) is 0 Å². The number of halogens is 2. The molecule has 2 rings (SSSR count). The molecule has 1 aliphatic carbocycles. The largest absolute Gasteiger partial charge is 0.481 e. The predicted octanol–water partition coefficient (Wildman–Crippen LogP) is 3.47. The van der Waals surface area contributed by atoms with Crippen LogP contribution < -0.4 is 0 Å². The first-order valence-corrected chi connectivity index (χ1v) is 7.38. The summed E-state index contributed by atoms with van der Waals surface area (Å²) < 4.78 is 0. The average Bonchev–Trinajstić information content (AvgIpc) is 3.22. The van der Waals surface area contributed by atoms with E-state index in [1.54, 1.807) is 29.2 Å². The Morgan fingerprint density at radius 3 is 2.62 bits per heavy atom. The fourth-order valence-electron chi connectivity index (χ4n) is 1.97. The number of carbonyl (C=O) groups excluding carboxylic acids is 1. The predicted molar refractivity (Wildman–Crippen MR) is 82.5 cm³/mol. The van der Waals surface area contributed by atoms with Crippen LogP contribution in [-0.4, -0.2) is 34.5 Å². The van der Waals surface area contributed by atoms with E-state index in [-0.39, 0.29) is 24.9 Å². The Hall–Kier alpha value is -1.52. The van der Waals surface area contributed by atoms with Gasteiger partial charge in [0.2, 0.25) is 5.91 Å². The lowest BCUT2D eigenvalue weighted by atomic mass is 10.2.